The largest absolute Gasteiger partial charge is 0.334 e. The third-order valence-corrected chi connectivity index (χ3v) is 4.97. The fraction of sp³-hybridized carbons (Fsp3) is 0.0476. The molecule has 0 spiro atoms. The van der Waals surface area contributed by atoms with Crippen LogP contribution in [0.5, 0.6) is 0 Å². The van der Waals surface area contributed by atoms with Gasteiger partial charge in [0.25, 0.3) is 0 Å². The van der Waals surface area contributed by atoms with E-state index in [2.05, 4.69) is 40.1 Å². The summed E-state index contributed by atoms with van der Waals surface area (Å²) in [5, 5.41) is 8.25. The van der Waals surface area contributed by atoms with Crippen molar-refractivity contribution in [3.63, 3.8) is 0 Å². The van der Waals surface area contributed by atoms with Crippen molar-refractivity contribution in [2.45, 2.75) is 6.92 Å². The standard InChI is InChI=1S/C21H15N9/c1-12-10-30(11-25-12)16-5-7-23-20-18(16)26-21(27-20)17-14-8-13(9-24-19(14)29-28-17)15-4-2-3-6-22-15/h2-11H,1H3,(H,23,26,27)(H,24,28,29). The quantitative estimate of drug-likeness (QED) is 0.476. The van der Waals surface area contributed by atoms with Crippen molar-refractivity contribution in [3.05, 3.63) is 67.1 Å². The predicted octanol–water partition coefficient (Wildman–Crippen LogP) is 3.45. The maximum absolute atomic E-state index is 4.69. The van der Waals surface area contributed by atoms with Crippen LogP contribution >= 0.6 is 0 Å². The molecular formula is C21H15N9. The van der Waals surface area contributed by atoms with Crippen LogP contribution < -0.4 is 0 Å². The molecule has 0 aromatic carbocycles. The topological polar surface area (TPSA) is 114 Å². The maximum Gasteiger partial charge on any atom is 0.181 e. The number of nitrogens with zero attached hydrogens (tertiary/aromatic N) is 7. The van der Waals surface area contributed by atoms with E-state index in [1.54, 1.807) is 24.9 Å². The third kappa shape index (κ3) is 2.56. The van der Waals surface area contributed by atoms with Gasteiger partial charge in [-0.3, -0.25) is 10.1 Å². The Hall–Kier alpha value is -4.40. The van der Waals surface area contributed by atoms with Gasteiger partial charge < -0.3 is 9.55 Å². The summed E-state index contributed by atoms with van der Waals surface area (Å²) in [6.07, 6.45) is 9.02. The lowest BCUT2D eigenvalue weighted by Crippen LogP contribution is -1.92. The second-order valence-electron chi connectivity index (χ2n) is 6.95. The van der Waals surface area contributed by atoms with Crippen molar-refractivity contribution in [1.29, 1.82) is 0 Å². The van der Waals surface area contributed by atoms with Crippen molar-refractivity contribution in [2.24, 2.45) is 0 Å². The molecule has 144 valence electrons. The number of aromatic amines is 2. The molecule has 0 aliphatic heterocycles. The summed E-state index contributed by atoms with van der Waals surface area (Å²) in [4.78, 5) is 25.7. The minimum atomic E-state index is 0.614. The van der Waals surface area contributed by atoms with Gasteiger partial charge in [-0.1, -0.05) is 6.07 Å². The number of aromatic nitrogens is 9. The molecule has 2 N–H and O–H groups in total. The molecule has 0 atom stereocenters. The van der Waals surface area contributed by atoms with Crippen LogP contribution in [0.15, 0.2) is 61.4 Å². The first kappa shape index (κ1) is 16.5. The third-order valence-electron chi connectivity index (χ3n) is 4.97. The molecule has 9 nitrogen and oxygen atoms in total. The number of rotatable bonds is 3. The van der Waals surface area contributed by atoms with Gasteiger partial charge in [-0.05, 0) is 31.2 Å². The molecule has 6 rings (SSSR count). The second-order valence-corrected chi connectivity index (χ2v) is 6.95. The van der Waals surface area contributed by atoms with Gasteiger partial charge in [-0.2, -0.15) is 5.10 Å². The Kier molecular flexibility index (Phi) is 3.48. The first-order valence-corrected chi connectivity index (χ1v) is 9.38. The van der Waals surface area contributed by atoms with Crippen LogP contribution in [-0.4, -0.2) is 44.7 Å². The number of imidazole rings is 2. The number of pyridine rings is 3. The van der Waals surface area contributed by atoms with E-state index in [9.17, 15) is 0 Å². The summed E-state index contributed by atoms with van der Waals surface area (Å²) < 4.78 is 1.95. The van der Waals surface area contributed by atoms with Gasteiger partial charge in [0.2, 0.25) is 0 Å². The lowest BCUT2D eigenvalue weighted by Gasteiger charge is -2.02. The highest BCUT2D eigenvalue weighted by Crippen LogP contribution is 2.29. The molecule has 6 heterocycles. The molecule has 0 radical (unpaired) electrons. The molecule has 0 bridgehead atoms. The Bertz CT molecular complexity index is 1510. The van der Waals surface area contributed by atoms with Gasteiger partial charge in [0.05, 0.1) is 28.8 Å². The lowest BCUT2D eigenvalue weighted by atomic mass is 10.1. The molecule has 0 amide bonds. The fourth-order valence-corrected chi connectivity index (χ4v) is 3.54. The van der Waals surface area contributed by atoms with Gasteiger partial charge in [0, 0.05) is 30.4 Å². The monoisotopic (exact) mass is 393 g/mol. The van der Waals surface area contributed by atoms with E-state index < -0.39 is 0 Å². The molecule has 6 aromatic heterocycles. The zero-order chi connectivity index (χ0) is 20.1. The van der Waals surface area contributed by atoms with Crippen molar-refractivity contribution >= 4 is 22.2 Å². The first-order valence-electron chi connectivity index (χ1n) is 9.38. The average Bonchev–Trinajstić information content (AvgIpc) is 3.51. The summed E-state index contributed by atoms with van der Waals surface area (Å²) in [7, 11) is 0. The van der Waals surface area contributed by atoms with Gasteiger partial charge in [-0.15, -0.1) is 0 Å². The summed E-state index contributed by atoms with van der Waals surface area (Å²) in [5.41, 5.74) is 6.43. The van der Waals surface area contributed by atoms with Crippen molar-refractivity contribution in [3.8, 4) is 28.5 Å². The van der Waals surface area contributed by atoms with Crippen LogP contribution in [0.3, 0.4) is 0 Å². The van der Waals surface area contributed by atoms with Crippen molar-refractivity contribution in [2.75, 3.05) is 0 Å². The van der Waals surface area contributed by atoms with Crippen LogP contribution in [0.1, 0.15) is 5.69 Å². The van der Waals surface area contributed by atoms with Crippen molar-refractivity contribution in [1.82, 2.24) is 44.7 Å². The number of fused-ring (bicyclic) bond motifs is 2. The highest BCUT2D eigenvalue weighted by atomic mass is 15.2. The molecule has 0 aliphatic rings. The predicted molar refractivity (Wildman–Crippen MR) is 112 cm³/mol. The fourth-order valence-electron chi connectivity index (χ4n) is 3.54. The van der Waals surface area contributed by atoms with Crippen LogP contribution in [0.25, 0.3) is 50.7 Å². The minimum absolute atomic E-state index is 0.614. The second kappa shape index (κ2) is 6.31. The normalized spacial score (nSPS) is 11.5. The molecule has 9 heteroatoms. The number of hydrogen-bond acceptors (Lipinski definition) is 6. The average molecular weight is 393 g/mol. The Labute approximate surface area is 169 Å². The molecule has 0 fully saturated rings. The first-order chi connectivity index (χ1) is 14.8. The van der Waals surface area contributed by atoms with Gasteiger partial charge in [0.1, 0.15) is 11.2 Å². The van der Waals surface area contributed by atoms with Crippen molar-refractivity contribution < 1.29 is 0 Å². The molecule has 6 aromatic rings. The van der Waals surface area contributed by atoms with Crippen LogP contribution in [0, 0.1) is 6.92 Å². The van der Waals surface area contributed by atoms with E-state index in [0.29, 0.717) is 17.1 Å². The summed E-state index contributed by atoms with van der Waals surface area (Å²) >= 11 is 0. The highest BCUT2D eigenvalue weighted by Gasteiger charge is 2.16. The SMILES string of the molecule is Cc1cn(-c2ccnc3nc(-c4[nH]nc5ncc(-c6ccccn6)cc45)[nH]c23)cn1. The van der Waals surface area contributed by atoms with E-state index >= 15 is 0 Å². The lowest BCUT2D eigenvalue weighted by molar-refractivity contribution is 1.06. The molecule has 0 aliphatic carbocycles. The Morgan fingerprint density at radius 3 is 2.77 bits per heavy atom. The zero-order valence-electron chi connectivity index (χ0n) is 15.9. The Morgan fingerprint density at radius 2 is 1.93 bits per heavy atom. The van der Waals surface area contributed by atoms with Gasteiger partial charge in [0.15, 0.2) is 17.1 Å². The molecular weight excluding hydrogens is 378 g/mol. The maximum atomic E-state index is 4.69. The summed E-state index contributed by atoms with van der Waals surface area (Å²) in [6, 6.07) is 9.74. The van der Waals surface area contributed by atoms with Gasteiger partial charge in [-0.25, -0.2) is 19.9 Å². The molecule has 30 heavy (non-hydrogen) atoms. The molecule has 0 saturated heterocycles. The van der Waals surface area contributed by atoms with E-state index in [1.807, 2.05) is 48.0 Å². The van der Waals surface area contributed by atoms with Crippen LogP contribution in [0.4, 0.5) is 0 Å². The number of H-pyrrole nitrogens is 2. The van der Waals surface area contributed by atoms with Gasteiger partial charge >= 0.3 is 0 Å². The van der Waals surface area contributed by atoms with E-state index in [1.165, 1.54) is 0 Å². The van der Waals surface area contributed by atoms with E-state index in [4.69, 9.17) is 0 Å². The van der Waals surface area contributed by atoms with E-state index in [0.717, 1.165) is 39.2 Å². The Balaban J connectivity index is 1.52. The zero-order valence-corrected chi connectivity index (χ0v) is 15.9. The molecule has 0 saturated carbocycles. The van der Waals surface area contributed by atoms with Crippen LogP contribution in [0.2, 0.25) is 0 Å². The van der Waals surface area contributed by atoms with Crippen LogP contribution in [-0.2, 0) is 0 Å². The smallest absolute Gasteiger partial charge is 0.181 e. The summed E-state index contributed by atoms with van der Waals surface area (Å²) in [5.74, 6) is 0.643. The Morgan fingerprint density at radius 1 is 0.967 bits per heavy atom. The number of nitrogens with one attached hydrogen (secondary N) is 2. The summed E-state index contributed by atoms with van der Waals surface area (Å²) in [6.45, 7) is 1.95. The highest BCUT2D eigenvalue weighted by molar-refractivity contribution is 5.93. The number of hydrogen-bond donors (Lipinski definition) is 2. The van der Waals surface area contributed by atoms with E-state index in [-0.39, 0.29) is 0 Å². The number of aryl methyl sites for hydroxylation is 1. The minimum Gasteiger partial charge on any atom is -0.334 e. The molecule has 0 unspecified atom stereocenters.